The van der Waals surface area contributed by atoms with Gasteiger partial charge in [-0.3, -0.25) is 0 Å². The summed E-state index contributed by atoms with van der Waals surface area (Å²) in [5.41, 5.74) is 1.02. The van der Waals surface area contributed by atoms with Crippen LogP contribution in [0.5, 0.6) is 0 Å². The van der Waals surface area contributed by atoms with E-state index in [2.05, 4.69) is 0 Å². The molecule has 1 aromatic carbocycles. The number of hydrogen-bond acceptors (Lipinski definition) is 1. The zero-order valence-electron chi connectivity index (χ0n) is 7.11. The Balaban J connectivity index is 2.29. The number of quaternary nitrogens is 1. The van der Waals surface area contributed by atoms with Gasteiger partial charge in [0.25, 0.3) is 0 Å². The number of para-hydroxylation sites is 1. The first-order valence-corrected chi connectivity index (χ1v) is 4.47. The van der Waals surface area contributed by atoms with Crippen LogP contribution in [0.4, 0.5) is 5.69 Å². The molecule has 12 heavy (non-hydrogen) atoms. The van der Waals surface area contributed by atoms with Crippen LogP contribution in [0, 0.1) is 0 Å². The SMILES string of the molecule is O[N+]1(c2ccccc2)CCCC1. The van der Waals surface area contributed by atoms with Gasteiger partial charge in [0, 0.05) is 25.0 Å². The molecule has 0 unspecified atom stereocenters. The van der Waals surface area contributed by atoms with E-state index in [9.17, 15) is 5.21 Å². The van der Waals surface area contributed by atoms with E-state index in [0.717, 1.165) is 31.6 Å². The lowest BCUT2D eigenvalue weighted by Crippen LogP contribution is -2.42. The minimum absolute atomic E-state index is 0.140. The first kappa shape index (κ1) is 7.77. The van der Waals surface area contributed by atoms with Gasteiger partial charge >= 0.3 is 0 Å². The average Bonchev–Trinajstić information content (AvgIpc) is 2.55. The lowest BCUT2D eigenvalue weighted by Gasteiger charge is -2.23. The van der Waals surface area contributed by atoms with Gasteiger partial charge < -0.3 is 0 Å². The van der Waals surface area contributed by atoms with Crippen LogP contribution in [0.1, 0.15) is 12.8 Å². The summed E-state index contributed by atoms with van der Waals surface area (Å²) in [7, 11) is 0. The quantitative estimate of drug-likeness (QED) is 0.631. The Morgan fingerprint density at radius 1 is 1.00 bits per heavy atom. The molecular weight excluding hydrogens is 150 g/mol. The van der Waals surface area contributed by atoms with E-state index in [1.807, 2.05) is 30.3 Å². The lowest BCUT2D eigenvalue weighted by molar-refractivity contribution is -0.0579. The molecule has 1 heterocycles. The molecular formula is C10H14NO+. The van der Waals surface area contributed by atoms with E-state index >= 15 is 0 Å². The van der Waals surface area contributed by atoms with Gasteiger partial charge in [-0.15, -0.1) is 0 Å². The van der Waals surface area contributed by atoms with E-state index in [1.54, 1.807) is 0 Å². The fraction of sp³-hybridized carbons (Fsp3) is 0.400. The maximum atomic E-state index is 10.1. The van der Waals surface area contributed by atoms with Gasteiger partial charge in [-0.05, 0) is 0 Å². The second kappa shape index (κ2) is 2.88. The summed E-state index contributed by atoms with van der Waals surface area (Å²) < 4.78 is 0.140. The molecule has 0 aliphatic carbocycles. The van der Waals surface area contributed by atoms with Crippen LogP contribution >= 0.6 is 0 Å². The molecule has 0 spiro atoms. The second-order valence-corrected chi connectivity index (χ2v) is 3.41. The maximum absolute atomic E-state index is 10.1. The van der Waals surface area contributed by atoms with Crippen molar-refractivity contribution < 1.29 is 5.21 Å². The third-order valence-electron chi connectivity index (χ3n) is 2.54. The number of hydroxylamine groups is 2. The summed E-state index contributed by atoms with van der Waals surface area (Å²) in [5, 5.41) is 10.1. The highest BCUT2D eigenvalue weighted by molar-refractivity contribution is 5.40. The Bertz CT molecular complexity index is 252. The maximum Gasteiger partial charge on any atom is 0.165 e. The highest BCUT2D eigenvalue weighted by Crippen LogP contribution is 2.25. The van der Waals surface area contributed by atoms with Gasteiger partial charge in [0.05, 0.1) is 0 Å². The predicted molar refractivity (Wildman–Crippen MR) is 49.0 cm³/mol. The number of hydrogen-bond donors (Lipinski definition) is 1. The minimum Gasteiger partial charge on any atom is -0.212 e. The highest BCUT2D eigenvalue weighted by atomic mass is 16.5. The van der Waals surface area contributed by atoms with Crippen molar-refractivity contribution in [3.8, 4) is 0 Å². The predicted octanol–water partition coefficient (Wildman–Crippen LogP) is 2.18. The molecule has 0 atom stereocenters. The van der Waals surface area contributed by atoms with Crippen LogP contribution in [0.3, 0.4) is 0 Å². The zero-order chi connectivity index (χ0) is 8.44. The van der Waals surface area contributed by atoms with E-state index in [4.69, 9.17) is 0 Å². The second-order valence-electron chi connectivity index (χ2n) is 3.41. The fourth-order valence-corrected chi connectivity index (χ4v) is 1.82. The molecule has 0 amide bonds. The molecule has 0 radical (unpaired) electrons. The van der Waals surface area contributed by atoms with Gasteiger partial charge in [0.2, 0.25) is 0 Å². The van der Waals surface area contributed by atoms with Gasteiger partial charge in [0.1, 0.15) is 13.1 Å². The van der Waals surface area contributed by atoms with E-state index in [0.29, 0.717) is 0 Å². The topological polar surface area (TPSA) is 20.2 Å². The molecule has 0 saturated carbocycles. The van der Waals surface area contributed by atoms with Crippen molar-refractivity contribution in [2.45, 2.75) is 12.8 Å². The summed E-state index contributed by atoms with van der Waals surface area (Å²) in [4.78, 5) is 0. The van der Waals surface area contributed by atoms with E-state index in [1.165, 1.54) is 0 Å². The molecule has 2 rings (SSSR count). The van der Waals surface area contributed by atoms with Crippen molar-refractivity contribution in [2.24, 2.45) is 0 Å². The zero-order valence-corrected chi connectivity index (χ0v) is 7.11. The summed E-state index contributed by atoms with van der Waals surface area (Å²) >= 11 is 0. The molecule has 1 N–H and O–H groups in total. The van der Waals surface area contributed by atoms with Crippen molar-refractivity contribution in [1.29, 1.82) is 0 Å². The molecule has 1 saturated heterocycles. The molecule has 64 valence electrons. The normalized spacial score (nSPS) is 21.1. The molecule has 2 heteroatoms. The molecule has 1 aliphatic heterocycles. The monoisotopic (exact) mass is 164 g/mol. The Kier molecular flexibility index (Phi) is 1.87. The van der Waals surface area contributed by atoms with Crippen LogP contribution in [0.25, 0.3) is 0 Å². The average molecular weight is 164 g/mol. The Hall–Kier alpha value is -0.860. The van der Waals surface area contributed by atoms with Gasteiger partial charge in [-0.25, -0.2) is 5.21 Å². The smallest absolute Gasteiger partial charge is 0.165 e. The van der Waals surface area contributed by atoms with Crippen molar-refractivity contribution >= 4 is 5.69 Å². The molecule has 1 fully saturated rings. The standard InChI is InChI=1S/C10H14NO/c12-11(8-4-5-9-11)10-6-2-1-3-7-10/h1-3,6-7,12H,4-5,8-9H2/q+1. The van der Waals surface area contributed by atoms with Crippen LogP contribution in [0.2, 0.25) is 0 Å². The molecule has 2 nitrogen and oxygen atoms in total. The highest BCUT2D eigenvalue weighted by Gasteiger charge is 2.32. The summed E-state index contributed by atoms with van der Waals surface area (Å²) in [5.74, 6) is 0. The van der Waals surface area contributed by atoms with Crippen LogP contribution in [-0.4, -0.2) is 18.3 Å². The molecule has 0 aromatic heterocycles. The van der Waals surface area contributed by atoms with Crippen molar-refractivity contribution in [1.82, 2.24) is 4.65 Å². The summed E-state index contributed by atoms with van der Waals surface area (Å²) in [6, 6.07) is 9.91. The van der Waals surface area contributed by atoms with E-state index < -0.39 is 0 Å². The third kappa shape index (κ3) is 1.24. The Morgan fingerprint density at radius 3 is 2.17 bits per heavy atom. The first-order valence-electron chi connectivity index (χ1n) is 4.47. The summed E-state index contributed by atoms with van der Waals surface area (Å²) in [6.45, 7) is 1.73. The van der Waals surface area contributed by atoms with Gasteiger partial charge in [-0.1, -0.05) is 18.2 Å². The number of benzene rings is 1. The van der Waals surface area contributed by atoms with Crippen LogP contribution < -0.4 is 4.65 Å². The Morgan fingerprint density at radius 2 is 1.58 bits per heavy atom. The van der Waals surface area contributed by atoms with Crippen molar-refractivity contribution in [3.05, 3.63) is 30.3 Å². The van der Waals surface area contributed by atoms with Crippen molar-refractivity contribution in [2.75, 3.05) is 13.1 Å². The Labute approximate surface area is 72.6 Å². The van der Waals surface area contributed by atoms with Crippen LogP contribution in [-0.2, 0) is 0 Å². The largest absolute Gasteiger partial charge is 0.212 e. The minimum atomic E-state index is 0.140. The van der Waals surface area contributed by atoms with Crippen molar-refractivity contribution in [3.63, 3.8) is 0 Å². The third-order valence-corrected chi connectivity index (χ3v) is 2.54. The fourth-order valence-electron chi connectivity index (χ4n) is 1.82. The number of nitrogens with zero attached hydrogens (tertiary/aromatic N) is 1. The molecule has 1 aliphatic rings. The summed E-state index contributed by atoms with van der Waals surface area (Å²) in [6.07, 6.45) is 2.26. The van der Waals surface area contributed by atoms with Crippen LogP contribution in [0.15, 0.2) is 30.3 Å². The molecule has 1 aromatic rings. The molecule has 0 bridgehead atoms. The van der Waals surface area contributed by atoms with E-state index in [-0.39, 0.29) is 4.65 Å². The van der Waals surface area contributed by atoms with Gasteiger partial charge in [0.15, 0.2) is 5.69 Å². The first-order chi connectivity index (χ1) is 5.81. The number of rotatable bonds is 1. The van der Waals surface area contributed by atoms with Gasteiger partial charge in [-0.2, -0.15) is 4.65 Å². The lowest BCUT2D eigenvalue weighted by atomic mass is 10.3.